The molecule has 0 radical (unpaired) electrons. The maximum atomic E-state index is 12.9. The van der Waals surface area contributed by atoms with Gasteiger partial charge in [0.25, 0.3) is 11.5 Å². The number of benzene rings is 2. The quantitative estimate of drug-likeness (QED) is 0.755. The minimum absolute atomic E-state index is 0.180. The third kappa shape index (κ3) is 3.50. The predicted octanol–water partition coefficient (Wildman–Crippen LogP) is 3.66. The zero-order valence-electron chi connectivity index (χ0n) is 16.0. The van der Waals surface area contributed by atoms with E-state index in [2.05, 4.69) is 15.3 Å². The normalized spacial score (nSPS) is 14.2. The van der Waals surface area contributed by atoms with Crippen molar-refractivity contribution in [2.75, 3.05) is 23.3 Å². The molecule has 0 aliphatic carbocycles. The number of carbonyl (C=O) groups is 1. The summed E-state index contributed by atoms with van der Waals surface area (Å²) in [5.41, 5.74) is 1.98. The van der Waals surface area contributed by atoms with Crippen LogP contribution in [0.15, 0.2) is 53.3 Å². The molecule has 2 heterocycles. The third-order valence-corrected chi connectivity index (χ3v) is 5.23. The Morgan fingerprint density at radius 1 is 1.00 bits per heavy atom. The summed E-state index contributed by atoms with van der Waals surface area (Å²) in [5.74, 6) is -0.316. The summed E-state index contributed by atoms with van der Waals surface area (Å²) in [7, 11) is 0. The molecule has 3 aromatic rings. The number of fused-ring (bicyclic) bond motifs is 1. The topological polar surface area (TPSA) is 67.2 Å². The smallest absolute Gasteiger partial charge is 0.276 e. The van der Waals surface area contributed by atoms with E-state index in [9.17, 15) is 9.59 Å². The molecule has 1 aliphatic heterocycles. The van der Waals surface area contributed by atoms with Gasteiger partial charge >= 0.3 is 0 Å². The molecule has 1 saturated heterocycles. The summed E-state index contributed by atoms with van der Waals surface area (Å²) >= 11 is 0. The first-order valence-corrected chi connectivity index (χ1v) is 9.83. The van der Waals surface area contributed by atoms with Gasteiger partial charge in [0.15, 0.2) is 5.69 Å². The molecule has 144 valence electrons. The van der Waals surface area contributed by atoms with E-state index in [1.807, 2.05) is 37.3 Å². The Labute approximate surface area is 163 Å². The first kappa shape index (κ1) is 18.2. The first-order valence-electron chi connectivity index (χ1n) is 9.83. The lowest BCUT2D eigenvalue weighted by Gasteiger charge is -2.28. The summed E-state index contributed by atoms with van der Waals surface area (Å²) in [6.45, 7) is 4.42. The highest BCUT2D eigenvalue weighted by molar-refractivity contribution is 6.11. The fourth-order valence-electron chi connectivity index (χ4n) is 3.72. The highest BCUT2D eigenvalue weighted by atomic mass is 16.2. The Balaban J connectivity index is 1.60. The number of carbonyl (C=O) groups excluding carboxylic acids is 1. The third-order valence-electron chi connectivity index (χ3n) is 5.23. The van der Waals surface area contributed by atoms with Crippen LogP contribution in [0.2, 0.25) is 0 Å². The lowest BCUT2D eigenvalue weighted by atomic mass is 10.1. The number of anilines is 2. The number of amides is 1. The average molecular weight is 376 g/mol. The molecule has 4 rings (SSSR count). The summed E-state index contributed by atoms with van der Waals surface area (Å²) in [5, 5.41) is 8.28. The van der Waals surface area contributed by atoms with Gasteiger partial charge in [-0.2, -0.15) is 5.10 Å². The monoisotopic (exact) mass is 376 g/mol. The molecule has 0 saturated carbocycles. The fraction of sp³-hybridized carbons (Fsp3) is 0.318. The van der Waals surface area contributed by atoms with E-state index in [0.717, 1.165) is 13.1 Å². The average Bonchev–Trinajstić information content (AvgIpc) is 2.75. The van der Waals surface area contributed by atoms with Crippen LogP contribution in [0.1, 0.15) is 36.7 Å². The van der Waals surface area contributed by atoms with E-state index in [1.165, 1.54) is 29.6 Å². The molecular formula is C22H24N4O2. The molecular weight excluding hydrogens is 352 g/mol. The second-order valence-electron chi connectivity index (χ2n) is 7.06. The molecule has 0 spiro atoms. The molecule has 1 amide bonds. The van der Waals surface area contributed by atoms with Crippen LogP contribution in [0.25, 0.3) is 10.8 Å². The predicted molar refractivity (Wildman–Crippen MR) is 112 cm³/mol. The number of aryl methyl sites for hydroxylation is 1. The van der Waals surface area contributed by atoms with Crippen LogP contribution in [0.5, 0.6) is 0 Å². The van der Waals surface area contributed by atoms with Crippen molar-refractivity contribution in [1.82, 2.24) is 9.78 Å². The van der Waals surface area contributed by atoms with Gasteiger partial charge in [-0.25, -0.2) is 4.68 Å². The summed E-state index contributed by atoms with van der Waals surface area (Å²) in [6.07, 6.45) is 3.75. The highest BCUT2D eigenvalue weighted by Crippen LogP contribution is 2.22. The van der Waals surface area contributed by atoms with Gasteiger partial charge in [0.05, 0.1) is 5.39 Å². The molecule has 2 aromatic carbocycles. The SMILES string of the molecule is CCn1nc(C(=O)Nc2ccc(N3CCCCC3)cc2)c2ccccc2c1=O. The van der Waals surface area contributed by atoms with Crippen LogP contribution < -0.4 is 15.8 Å². The number of aromatic nitrogens is 2. The minimum atomic E-state index is -0.316. The van der Waals surface area contributed by atoms with E-state index >= 15 is 0 Å². The first-order chi connectivity index (χ1) is 13.7. The molecule has 1 N–H and O–H groups in total. The van der Waals surface area contributed by atoms with Crippen molar-refractivity contribution in [2.45, 2.75) is 32.7 Å². The van der Waals surface area contributed by atoms with Crippen LogP contribution >= 0.6 is 0 Å². The Morgan fingerprint density at radius 2 is 1.68 bits per heavy atom. The van der Waals surface area contributed by atoms with Gasteiger partial charge in [-0.1, -0.05) is 18.2 Å². The second kappa shape index (κ2) is 7.84. The van der Waals surface area contributed by atoms with Gasteiger partial charge in [0.1, 0.15) is 0 Å². The molecule has 28 heavy (non-hydrogen) atoms. The lowest BCUT2D eigenvalue weighted by Crippen LogP contribution is -2.29. The van der Waals surface area contributed by atoms with Gasteiger partial charge < -0.3 is 10.2 Å². The molecule has 1 aromatic heterocycles. The highest BCUT2D eigenvalue weighted by Gasteiger charge is 2.17. The fourth-order valence-corrected chi connectivity index (χ4v) is 3.72. The zero-order valence-corrected chi connectivity index (χ0v) is 16.0. The van der Waals surface area contributed by atoms with Crippen LogP contribution in [0.3, 0.4) is 0 Å². The number of piperidine rings is 1. The van der Waals surface area contributed by atoms with Crippen molar-refractivity contribution in [2.24, 2.45) is 0 Å². The summed E-state index contributed by atoms with van der Waals surface area (Å²) in [4.78, 5) is 27.7. The van der Waals surface area contributed by atoms with Crippen LogP contribution in [0, 0.1) is 0 Å². The zero-order chi connectivity index (χ0) is 19.5. The molecule has 1 aliphatic rings. The molecule has 6 heteroatoms. The van der Waals surface area contributed by atoms with Crippen LogP contribution in [-0.2, 0) is 6.54 Å². The number of nitrogens with one attached hydrogen (secondary N) is 1. The largest absolute Gasteiger partial charge is 0.372 e. The maximum absolute atomic E-state index is 12.9. The molecule has 1 fully saturated rings. The molecule has 0 atom stereocenters. The van der Waals surface area contributed by atoms with Crippen molar-refractivity contribution in [3.05, 3.63) is 64.6 Å². The Hall–Kier alpha value is -3.15. The van der Waals surface area contributed by atoms with Crippen molar-refractivity contribution < 1.29 is 4.79 Å². The number of nitrogens with zero attached hydrogens (tertiary/aromatic N) is 3. The van der Waals surface area contributed by atoms with E-state index in [4.69, 9.17) is 0 Å². The van der Waals surface area contributed by atoms with Gasteiger partial charge in [0.2, 0.25) is 0 Å². The molecule has 0 unspecified atom stereocenters. The van der Waals surface area contributed by atoms with Crippen LogP contribution in [0.4, 0.5) is 11.4 Å². The Morgan fingerprint density at radius 3 is 2.36 bits per heavy atom. The molecule has 6 nitrogen and oxygen atoms in total. The minimum Gasteiger partial charge on any atom is -0.372 e. The van der Waals surface area contributed by atoms with E-state index in [1.54, 1.807) is 18.2 Å². The van der Waals surface area contributed by atoms with Crippen molar-refractivity contribution in [1.29, 1.82) is 0 Å². The van der Waals surface area contributed by atoms with Crippen molar-refractivity contribution in [3.63, 3.8) is 0 Å². The number of rotatable bonds is 4. The van der Waals surface area contributed by atoms with Crippen molar-refractivity contribution in [3.8, 4) is 0 Å². The molecule has 0 bridgehead atoms. The second-order valence-corrected chi connectivity index (χ2v) is 7.06. The van der Waals surface area contributed by atoms with Crippen molar-refractivity contribution >= 4 is 28.1 Å². The maximum Gasteiger partial charge on any atom is 0.276 e. The van der Waals surface area contributed by atoms with E-state index in [0.29, 0.717) is 23.0 Å². The van der Waals surface area contributed by atoms with Crippen LogP contribution in [-0.4, -0.2) is 28.8 Å². The van der Waals surface area contributed by atoms with E-state index < -0.39 is 0 Å². The van der Waals surface area contributed by atoms with Gasteiger partial charge in [-0.05, 0) is 56.5 Å². The number of hydrogen-bond acceptors (Lipinski definition) is 4. The summed E-state index contributed by atoms with van der Waals surface area (Å²) < 4.78 is 1.33. The van der Waals surface area contributed by atoms with Gasteiger partial charge in [-0.3, -0.25) is 9.59 Å². The van der Waals surface area contributed by atoms with Gasteiger partial charge in [0, 0.05) is 36.4 Å². The van der Waals surface area contributed by atoms with Gasteiger partial charge in [-0.15, -0.1) is 0 Å². The Bertz CT molecular complexity index is 1050. The van der Waals surface area contributed by atoms with E-state index in [-0.39, 0.29) is 17.2 Å². The lowest BCUT2D eigenvalue weighted by molar-refractivity contribution is 0.102. The Kier molecular flexibility index (Phi) is 5.10. The number of hydrogen-bond donors (Lipinski definition) is 1. The summed E-state index contributed by atoms with van der Waals surface area (Å²) in [6, 6.07) is 15.0. The standard InChI is InChI=1S/C22H24N4O2/c1-2-26-22(28)19-9-5-4-8-18(19)20(24-26)21(27)23-16-10-12-17(13-11-16)25-14-6-3-7-15-25/h4-5,8-13H,2-3,6-7,14-15H2,1H3,(H,23,27).